The predicted octanol–water partition coefficient (Wildman–Crippen LogP) is 5.49. The number of carbonyl (C=O) groups excluding carboxylic acids is 1. The molecule has 0 aliphatic heterocycles. The second-order valence-electron chi connectivity index (χ2n) is 7.78. The maximum Gasteiger partial charge on any atom is 0.244 e. The van der Waals surface area contributed by atoms with E-state index < -0.39 is 0 Å². The van der Waals surface area contributed by atoms with Crippen LogP contribution in [0.25, 0.3) is 6.08 Å². The van der Waals surface area contributed by atoms with E-state index in [1.54, 1.807) is 6.08 Å². The van der Waals surface area contributed by atoms with Crippen LogP contribution in [0, 0.1) is 13.8 Å². The van der Waals surface area contributed by atoms with E-state index in [0.717, 1.165) is 11.1 Å². The van der Waals surface area contributed by atoms with Crippen LogP contribution in [0.5, 0.6) is 0 Å². The summed E-state index contributed by atoms with van der Waals surface area (Å²) in [5.41, 5.74) is 6.09. The lowest BCUT2D eigenvalue weighted by Crippen LogP contribution is -2.24. The van der Waals surface area contributed by atoms with Gasteiger partial charge in [0.15, 0.2) is 0 Å². The molecule has 0 aromatic heterocycles. The molecule has 0 aliphatic carbocycles. The SMILES string of the molecule is Cc1ccc(C(C)NC(=O)/C=C/c2ccc(C(C)(C)C)cc2)cc1C. The summed E-state index contributed by atoms with van der Waals surface area (Å²) < 4.78 is 0. The van der Waals surface area contributed by atoms with Crippen molar-refractivity contribution < 1.29 is 4.79 Å². The maximum atomic E-state index is 12.2. The molecule has 1 atom stereocenters. The summed E-state index contributed by atoms with van der Waals surface area (Å²) in [7, 11) is 0. The van der Waals surface area contributed by atoms with Crippen LogP contribution < -0.4 is 5.32 Å². The smallest absolute Gasteiger partial charge is 0.244 e. The van der Waals surface area contributed by atoms with E-state index in [1.165, 1.54) is 16.7 Å². The third-order valence-electron chi connectivity index (χ3n) is 4.59. The topological polar surface area (TPSA) is 29.1 Å². The van der Waals surface area contributed by atoms with Gasteiger partial charge in [-0.25, -0.2) is 0 Å². The Morgan fingerprint density at radius 1 is 1.00 bits per heavy atom. The minimum absolute atomic E-state index is 0.0142. The van der Waals surface area contributed by atoms with Crippen molar-refractivity contribution in [1.82, 2.24) is 5.32 Å². The lowest BCUT2D eigenvalue weighted by Gasteiger charge is -2.18. The highest BCUT2D eigenvalue weighted by molar-refractivity contribution is 5.92. The molecule has 2 nitrogen and oxygen atoms in total. The van der Waals surface area contributed by atoms with Gasteiger partial charge in [-0.2, -0.15) is 0 Å². The van der Waals surface area contributed by atoms with Crippen molar-refractivity contribution in [2.75, 3.05) is 0 Å². The van der Waals surface area contributed by atoms with Gasteiger partial charge in [-0.3, -0.25) is 4.79 Å². The molecule has 0 aliphatic rings. The number of rotatable bonds is 4. The summed E-state index contributed by atoms with van der Waals surface area (Å²) in [6.07, 6.45) is 3.46. The summed E-state index contributed by atoms with van der Waals surface area (Å²) in [5, 5.41) is 3.02. The Bertz CT molecular complexity index is 764. The summed E-state index contributed by atoms with van der Waals surface area (Å²) in [5.74, 6) is -0.0781. The monoisotopic (exact) mass is 335 g/mol. The Morgan fingerprint density at radius 3 is 2.20 bits per heavy atom. The van der Waals surface area contributed by atoms with Crippen LogP contribution in [0.3, 0.4) is 0 Å². The highest BCUT2D eigenvalue weighted by Crippen LogP contribution is 2.22. The third kappa shape index (κ3) is 5.32. The fraction of sp³-hybridized carbons (Fsp3) is 0.348. The molecule has 1 amide bonds. The molecule has 1 unspecified atom stereocenters. The molecule has 0 spiro atoms. The Labute approximate surface area is 152 Å². The summed E-state index contributed by atoms with van der Waals surface area (Å²) in [6.45, 7) is 12.8. The highest BCUT2D eigenvalue weighted by Gasteiger charge is 2.12. The molecule has 2 heteroatoms. The van der Waals surface area contributed by atoms with Gasteiger partial charge in [0.25, 0.3) is 0 Å². The van der Waals surface area contributed by atoms with Crippen LogP contribution in [0.1, 0.15) is 61.6 Å². The molecule has 2 rings (SSSR count). The number of amides is 1. The molecule has 0 bridgehead atoms. The molecule has 0 fully saturated rings. The number of aryl methyl sites for hydroxylation is 2. The van der Waals surface area contributed by atoms with Crippen LogP contribution >= 0.6 is 0 Å². The quantitative estimate of drug-likeness (QED) is 0.735. The molecule has 0 saturated carbocycles. The van der Waals surface area contributed by atoms with Crippen LogP contribution in [0.2, 0.25) is 0 Å². The van der Waals surface area contributed by atoms with Gasteiger partial charge in [0.1, 0.15) is 0 Å². The van der Waals surface area contributed by atoms with Crippen molar-refractivity contribution in [3.8, 4) is 0 Å². The molecule has 25 heavy (non-hydrogen) atoms. The first-order chi connectivity index (χ1) is 11.7. The number of hydrogen-bond acceptors (Lipinski definition) is 1. The normalized spacial score (nSPS) is 13.0. The van der Waals surface area contributed by atoms with Crippen molar-refractivity contribution in [3.05, 3.63) is 76.4 Å². The van der Waals surface area contributed by atoms with Crippen LogP contribution in [-0.2, 0) is 10.2 Å². The number of hydrogen-bond donors (Lipinski definition) is 1. The Balaban J connectivity index is 1.99. The van der Waals surface area contributed by atoms with Gasteiger partial charge in [0.05, 0.1) is 6.04 Å². The largest absolute Gasteiger partial charge is 0.346 e. The van der Waals surface area contributed by atoms with Crippen LogP contribution in [0.4, 0.5) is 0 Å². The molecular formula is C23H29NO. The second-order valence-corrected chi connectivity index (χ2v) is 7.78. The lowest BCUT2D eigenvalue weighted by atomic mass is 9.87. The Kier molecular flexibility index (Phi) is 5.84. The fourth-order valence-electron chi connectivity index (χ4n) is 2.64. The molecule has 132 valence electrons. The van der Waals surface area contributed by atoms with Gasteiger partial charge in [-0.1, -0.05) is 63.2 Å². The fourth-order valence-corrected chi connectivity index (χ4v) is 2.64. The summed E-state index contributed by atoms with van der Waals surface area (Å²) >= 11 is 0. The zero-order valence-electron chi connectivity index (χ0n) is 16.2. The average Bonchev–Trinajstić information content (AvgIpc) is 2.55. The third-order valence-corrected chi connectivity index (χ3v) is 4.59. The standard InChI is InChI=1S/C23H29NO/c1-16-7-11-20(15-17(16)2)18(3)24-22(25)14-10-19-8-12-21(13-9-19)23(4,5)6/h7-15,18H,1-6H3,(H,24,25)/b14-10+. The van der Waals surface area contributed by atoms with E-state index in [4.69, 9.17) is 0 Å². The van der Waals surface area contributed by atoms with Crippen molar-refractivity contribution in [2.24, 2.45) is 0 Å². The summed E-state index contributed by atoms with van der Waals surface area (Å²) in [4.78, 5) is 12.2. The number of benzene rings is 2. The Hall–Kier alpha value is -2.35. The van der Waals surface area contributed by atoms with E-state index in [-0.39, 0.29) is 17.4 Å². The molecule has 0 saturated heterocycles. The van der Waals surface area contributed by atoms with E-state index >= 15 is 0 Å². The second kappa shape index (κ2) is 7.69. The minimum atomic E-state index is -0.0781. The first kappa shape index (κ1) is 19.0. The average molecular weight is 335 g/mol. The van der Waals surface area contributed by atoms with Crippen LogP contribution in [0.15, 0.2) is 48.5 Å². The van der Waals surface area contributed by atoms with Gasteiger partial charge >= 0.3 is 0 Å². The van der Waals surface area contributed by atoms with Crippen molar-refractivity contribution in [1.29, 1.82) is 0 Å². The van der Waals surface area contributed by atoms with Gasteiger partial charge in [0.2, 0.25) is 5.91 Å². The first-order valence-corrected chi connectivity index (χ1v) is 8.83. The molecule has 2 aromatic rings. The van der Waals surface area contributed by atoms with Crippen molar-refractivity contribution >= 4 is 12.0 Å². The molecule has 1 N–H and O–H groups in total. The van der Waals surface area contributed by atoms with Crippen LogP contribution in [-0.4, -0.2) is 5.91 Å². The van der Waals surface area contributed by atoms with Gasteiger partial charge in [-0.05, 0) is 60.1 Å². The van der Waals surface area contributed by atoms with Gasteiger partial charge in [0, 0.05) is 6.08 Å². The summed E-state index contributed by atoms with van der Waals surface area (Å²) in [6, 6.07) is 14.6. The zero-order chi connectivity index (χ0) is 18.6. The number of carbonyl (C=O) groups is 1. The van der Waals surface area contributed by atoms with E-state index in [0.29, 0.717) is 0 Å². The van der Waals surface area contributed by atoms with Crippen molar-refractivity contribution in [2.45, 2.75) is 53.0 Å². The van der Waals surface area contributed by atoms with E-state index in [2.05, 4.69) is 82.4 Å². The zero-order valence-corrected chi connectivity index (χ0v) is 16.2. The Morgan fingerprint density at radius 2 is 1.64 bits per heavy atom. The lowest BCUT2D eigenvalue weighted by molar-refractivity contribution is -0.117. The van der Waals surface area contributed by atoms with E-state index in [9.17, 15) is 4.79 Å². The maximum absolute atomic E-state index is 12.2. The number of nitrogens with one attached hydrogen (secondary N) is 1. The van der Waals surface area contributed by atoms with Crippen molar-refractivity contribution in [3.63, 3.8) is 0 Å². The molecule has 0 heterocycles. The van der Waals surface area contributed by atoms with Gasteiger partial charge < -0.3 is 5.32 Å². The van der Waals surface area contributed by atoms with Gasteiger partial charge in [-0.15, -0.1) is 0 Å². The molecule has 2 aromatic carbocycles. The van der Waals surface area contributed by atoms with E-state index in [1.807, 2.05) is 13.0 Å². The minimum Gasteiger partial charge on any atom is -0.346 e. The predicted molar refractivity (Wildman–Crippen MR) is 107 cm³/mol. The highest BCUT2D eigenvalue weighted by atomic mass is 16.1. The molecular weight excluding hydrogens is 306 g/mol. The molecule has 0 radical (unpaired) electrons. The first-order valence-electron chi connectivity index (χ1n) is 8.83.